The Kier molecular flexibility index (Phi) is 4.57. The summed E-state index contributed by atoms with van der Waals surface area (Å²) >= 11 is 1.32. The van der Waals surface area contributed by atoms with Gasteiger partial charge in [0.05, 0.1) is 17.7 Å². The molecular weight excluding hydrogens is 324 g/mol. The number of aliphatic imine (C=N–C) groups is 1. The predicted octanol–water partition coefficient (Wildman–Crippen LogP) is 3.63. The van der Waals surface area contributed by atoms with E-state index in [0.717, 1.165) is 17.0 Å². The molecular formula is C18H16N2O3S. The summed E-state index contributed by atoms with van der Waals surface area (Å²) in [6.07, 6.45) is 1.79. The number of phenolic OH excluding ortho intramolecular Hbond substituents is 1. The van der Waals surface area contributed by atoms with E-state index < -0.39 is 0 Å². The van der Waals surface area contributed by atoms with Crippen molar-refractivity contribution < 1.29 is 14.6 Å². The zero-order chi connectivity index (χ0) is 17.1. The van der Waals surface area contributed by atoms with Gasteiger partial charge < -0.3 is 9.84 Å². The van der Waals surface area contributed by atoms with E-state index in [2.05, 4.69) is 4.99 Å². The first-order chi connectivity index (χ1) is 11.6. The van der Waals surface area contributed by atoms with Gasteiger partial charge in [-0.25, -0.2) is 4.99 Å². The fourth-order valence-corrected chi connectivity index (χ4v) is 3.13. The standard InChI is InChI=1S/C18H16N2O3S/c1-20-17(22)16(11-12-3-7-14(21)8-4-12)24-18(20)19-13-5-9-15(23-2)10-6-13/h3-11,21H,1-2H3. The van der Waals surface area contributed by atoms with Crippen molar-refractivity contribution in [2.45, 2.75) is 0 Å². The second kappa shape index (κ2) is 6.80. The van der Waals surface area contributed by atoms with Crippen LogP contribution in [0.15, 0.2) is 58.4 Å². The molecule has 0 saturated carbocycles. The number of amides is 1. The van der Waals surface area contributed by atoms with Crippen LogP contribution in [-0.2, 0) is 4.79 Å². The van der Waals surface area contributed by atoms with Crippen molar-refractivity contribution in [2.24, 2.45) is 4.99 Å². The molecule has 0 unspecified atom stereocenters. The van der Waals surface area contributed by atoms with Gasteiger partial charge in [-0.05, 0) is 59.8 Å². The van der Waals surface area contributed by atoms with Gasteiger partial charge in [0.2, 0.25) is 0 Å². The molecule has 24 heavy (non-hydrogen) atoms. The van der Waals surface area contributed by atoms with E-state index in [1.807, 2.05) is 24.3 Å². The minimum absolute atomic E-state index is 0.0969. The van der Waals surface area contributed by atoms with Crippen molar-refractivity contribution in [3.8, 4) is 11.5 Å². The summed E-state index contributed by atoms with van der Waals surface area (Å²) in [5.74, 6) is 0.858. The number of methoxy groups -OCH3 is 1. The number of ether oxygens (including phenoxy) is 1. The number of nitrogens with zero attached hydrogens (tertiary/aromatic N) is 2. The second-order valence-electron chi connectivity index (χ2n) is 5.16. The van der Waals surface area contributed by atoms with Crippen molar-refractivity contribution in [3.63, 3.8) is 0 Å². The molecule has 0 aromatic heterocycles. The van der Waals surface area contributed by atoms with Crippen LogP contribution in [0.3, 0.4) is 0 Å². The highest BCUT2D eigenvalue weighted by molar-refractivity contribution is 8.18. The Balaban J connectivity index is 1.85. The minimum atomic E-state index is -0.0969. The summed E-state index contributed by atoms with van der Waals surface area (Å²) in [5, 5.41) is 9.95. The first-order valence-electron chi connectivity index (χ1n) is 7.26. The van der Waals surface area contributed by atoms with Gasteiger partial charge in [-0.2, -0.15) is 0 Å². The average molecular weight is 340 g/mol. The Labute approximate surface area is 144 Å². The highest BCUT2D eigenvalue weighted by Gasteiger charge is 2.30. The highest BCUT2D eigenvalue weighted by atomic mass is 32.2. The summed E-state index contributed by atoms with van der Waals surface area (Å²) < 4.78 is 5.12. The molecule has 122 valence electrons. The molecule has 5 nitrogen and oxygen atoms in total. The van der Waals surface area contributed by atoms with E-state index in [0.29, 0.717) is 10.1 Å². The molecule has 0 atom stereocenters. The van der Waals surface area contributed by atoms with E-state index in [9.17, 15) is 9.90 Å². The molecule has 1 aliphatic heterocycles. The van der Waals surface area contributed by atoms with Crippen LogP contribution in [-0.4, -0.2) is 35.2 Å². The maximum atomic E-state index is 12.4. The van der Waals surface area contributed by atoms with E-state index in [4.69, 9.17) is 4.74 Å². The van der Waals surface area contributed by atoms with Gasteiger partial charge in [-0.3, -0.25) is 9.69 Å². The normalized spacial score (nSPS) is 17.8. The minimum Gasteiger partial charge on any atom is -0.508 e. The third kappa shape index (κ3) is 3.44. The van der Waals surface area contributed by atoms with Crippen LogP contribution in [0.1, 0.15) is 5.56 Å². The van der Waals surface area contributed by atoms with Gasteiger partial charge in [0.15, 0.2) is 5.17 Å². The summed E-state index contributed by atoms with van der Waals surface area (Å²) in [5.41, 5.74) is 1.60. The van der Waals surface area contributed by atoms with Gasteiger partial charge in [0.1, 0.15) is 11.5 Å². The van der Waals surface area contributed by atoms with E-state index in [1.54, 1.807) is 44.5 Å². The Hall–Kier alpha value is -2.73. The third-order valence-corrected chi connectivity index (χ3v) is 4.55. The quantitative estimate of drug-likeness (QED) is 0.867. The van der Waals surface area contributed by atoms with Crippen molar-refractivity contribution in [1.82, 2.24) is 4.90 Å². The van der Waals surface area contributed by atoms with E-state index in [1.165, 1.54) is 16.7 Å². The lowest BCUT2D eigenvalue weighted by Crippen LogP contribution is -2.23. The number of hydrogen-bond donors (Lipinski definition) is 1. The molecule has 1 saturated heterocycles. The number of likely N-dealkylation sites (N-methyl/N-ethyl adjacent to an activating group) is 1. The molecule has 6 heteroatoms. The molecule has 0 spiro atoms. The molecule has 1 aliphatic rings. The Morgan fingerprint density at radius 1 is 1.12 bits per heavy atom. The van der Waals surface area contributed by atoms with Gasteiger partial charge in [-0.15, -0.1) is 0 Å². The van der Waals surface area contributed by atoms with Crippen LogP contribution in [0.25, 0.3) is 6.08 Å². The van der Waals surface area contributed by atoms with E-state index in [-0.39, 0.29) is 11.7 Å². The van der Waals surface area contributed by atoms with Crippen LogP contribution in [0.2, 0.25) is 0 Å². The SMILES string of the molecule is COc1ccc(N=C2SC(=Cc3ccc(O)cc3)C(=O)N2C)cc1. The number of rotatable bonds is 3. The number of hydrogen-bond acceptors (Lipinski definition) is 5. The van der Waals surface area contributed by atoms with Gasteiger partial charge in [0, 0.05) is 7.05 Å². The summed E-state index contributed by atoms with van der Waals surface area (Å²) in [6.45, 7) is 0. The summed E-state index contributed by atoms with van der Waals surface area (Å²) in [4.78, 5) is 19.0. The zero-order valence-corrected chi connectivity index (χ0v) is 14.1. The van der Waals surface area contributed by atoms with Crippen LogP contribution in [0.4, 0.5) is 5.69 Å². The Bertz CT molecular complexity index is 811. The maximum Gasteiger partial charge on any atom is 0.266 e. The summed E-state index contributed by atoms with van der Waals surface area (Å²) in [6, 6.07) is 14.0. The number of carbonyl (C=O) groups is 1. The number of thioether (sulfide) groups is 1. The predicted molar refractivity (Wildman–Crippen MR) is 96.5 cm³/mol. The average Bonchev–Trinajstić information content (AvgIpc) is 2.86. The van der Waals surface area contributed by atoms with E-state index >= 15 is 0 Å². The molecule has 2 aromatic carbocycles. The summed E-state index contributed by atoms with van der Waals surface area (Å²) in [7, 11) is 3.32. The van der Waals surface area contributed by atoms with Crippen molar-refractivity contribution >= 4 is 34.6 Å². The van der Waals surface area contributed by atoms with Gasteiger partial charge in [0.25, 0.3) is 5.91 Å². The van der Waals surface area contributed by atoms with Gasteiger partial charge >= 0.3 is 0 Å². The molecule has 1 amide bonds. The molecule has 2 aromatic rings. The lowest BCUT2D eigenvalue weighted by atomic mass is 10.2. The lowest BCUT2D eigenvalue weighted by molar-refractivity contribution is -0.121. The van der Waals surface area contributed by atoms with Crippen molar-refractivity contribution in [3.05, 3.63) is 59.0 Å². The number of benzene rings is 2. The lowest BCUT2D eigenvalue weighted by Gasteiger charge is -2.07. The second-order valence-corrected chi connectivity index (χ2v) is 6.17. The fourth-order valence-electron chi connectivity index (χ4n) is 2.14. The Morgan fingerprint density at radius 3 is 2.42 bits per heavy atom. The van der Waals surface area contributed by atoms with Crippen molar-refractivity contribution in [1.29, 1.82) is 0 Å². The zero-order valence-electron chi connectivity index (χ0n) is 13.3. The molecule has 0 bridgehead atoms. The van der Waals surface area contributed by atoms with Crippen LogP contribution in [0, 0.1) is 0 Å². The van der Waals surface area contributed by atoms with Crippen molar-refractivity contribution in [2.75, 3.05) is 14.2 Å². The first-order valence-corrected chi connectivity index (χ1v) is 8.08. The number of aromatic hydroxyl groups is 1. The molecule has 1 N–H and O–H groups in total. The maximum absolute atomic E-state index is 12.4. The molecule has 1 fully saturated rings. The highest BCUT2D eigenvalue weighted by Crippen LogP contribution is 2.33. The largest absolute Gasteiger partial charge is 0.508 e. The number of carbonyl (C=O) groups excluding carboxylic acids is 1. The molecule has 0 radical (unpaired) electrons. The Morgan fingerprint density at radius 2 is 1.79 bits per heavy atom. The smallest absolute Gasteiger partial charge is 0.266 e. The molecule has 1 heterocycles. The van der Waals surface area contributed by atoms with Crippen LogP contribution < -0.4 is 4.74 Å². The van der Waals surface area contributed by atoms with Gasteiger partial charge in [-0.1, -0.05) is 12.1 Å². The van der Waals surface area contributed by atoms with Crippen LogP contribution in [0.5, 0.6) is 11.5 Å². The number of amidine groups is 1. The molecule has 0 aliphatic carbocycles. The monoisotopic (exact) mass is 340 g/mol. The third-order valence-electron chi connectivity index (χ3n) is 3.49. The first kappa shape index (κ1) is 16.1. The topological polar surface area (TPSA) is 62.1 Å². The molecule has 3 rings (SSSR count). The number of phenols is 1. The fraction of sp³-hybridized carbons (Fsp3) is 0.111. The van der Waals surface area contributed by atoms with Crippen LogP contribution >= 0.6 is 11.8 Å².